The largest absolute Gasteiger partial charge is 0.490 e. The molecule has 4 rings (SSSR count). The topological polar surface area (TPSA) is 51.1 Å². The molecule has 0 atom stereocenters. The van der Waals surface area contributed by atoms with E-state index in [1.807, 2.05) is 65.0 Å². The van der Waals surface area contributed by atoms with Gasteiger partial charge in [-0.1, -0.05) is 36.4 Å². The van der Waals surface area contributed by atoms with Crippen molar-refractivity contribution in [2.45, 2.75) is 53.3 Å². The Hall–Kier alpha value is -2.52. The molecular weight excluding hydrogens is 583 g/mol. The highest BCUT2D eigenvalue weighted by atomic mass is 127. The first-order valence-electron chi connectivity index (χ1n) is 12.1. The molecule has 36 heavy (non-hydrogen) atoms. The van der Waals surface area contributed by atoms with Crippen molar-refractivity contribution in [3.05, 3.63) is 74.2 Å². The molecule has 1 amide bonds. The van der Waals surface area contributed by atoms with Crippen molar-refractivity contribution < 1.29 is 14.3 Å². The van der Waals surface area contributed by atoms with Gasteiger partial charge in [-0.15, -0.1) is 0 Å². The first kappa shape index (κ1) is 26.5. The molecule has 0 saturated carbocycles. The highest BCUT2D eigenvalue weighted by Crippen LogP contribution is 2.38. The summed E-state index contributed by atoms with van der Waals surface area (Å²) in [6.07, 6.45) is 1.92. The number of hydrogen-bond donors (Lipinski definition) is 0. The van der Waals surface area contributed by atoms with E-state index in [0.717, 1.165) is 19.9 Å². The zero-order valence-electron chi connectivity index (χ0n) is 21.2. The number of ether oxygens (including phenoxy) is 2. The number of thioether (sulfide) groups is 1. The van der Waals surface area contributed by atoms with Crippen LogP contribution in [-0.4, -0.2) is 34.7 Å². The number of halogens is 1. The summed E-state index contributed by atoms with van der Waals surface area (Å²) in [6.45, 7) is 11.0. The molecule has 1 saturated heterocycles. The lowest BCUT2D eigenvalue weighted by Crippen LogP contribution is -2.35. The monoisotopic (exact) mass is 614 g/mol. The van der Waals surface area contributed by atoms with Gasteiger partial charge >= 0.3 is 0 Å². The lowest BCUT2D eigenvalue weighted by atomic mass is 10.1. The van der Waals surface area contributed by atoms with Crippen LogP contribution >= 0.6 is 34.4 Å². The Morgan fingerprint density at radius 1 is 1.03 bits per heavy atom. The quantitative estimate of drug-likeness (QED) is 0.195. The third-order valence-corrected chi connectivity index (χ3v) is 7.35. The number of aliphatic imine (C=N–C) groups is 1. The van der Waals surface area contributed by atoms with Gasteiger partial charge in [-0.05, 0) is 115 Å². The third-order valence-electron chi connectivity index (χ3n) is 5.55. The molecule has 1 fully saturated rings. The summed E-state index contributed by atoms with van der Waals surface area (Å²) in [5.41, 5.74) is 1.99. The number of carbonyl (C=O) groups excluding carboxylic acids is 1. The Bertz CT molecular complexity index is 1330. The van der Waals surface area contributed by atoms with E-state index in [-0.39, 0.29) is 18.0 Å². The maximum atomic E-state index is 13.2. The lowest BCUT2D eigenvalue weighted by molar-refractivity contribution is -0.123. The molecule has 0 aromatic heterocycles. The Morgan fingerprint density at radius 2 is 1.78 bits per heavy atom. The molecular formula is C29H31IN2O3S. The van der Waals surface area contributed by atoms with Crippen molar-refractivity contribution in [2.75, 3.05) is 6.61 Å². The van der Waals surface area contributed by atoms with Crippen LogP contribution in [0.25, 0.3) is 16.8 Å². The van der Waals surface area contributed by atoms with E-state index in [1.54, 1.807) is 4.90 Å². The van der Waals surface area contributed by atoms with Gasteiger partial charge in [0.15, 0.2) is 16.7 Å². The molecule has 3 aromatic rings. The van der Waals surface area contributed by atoms with E-state index >= 15 is 0 Å². The summed E-state index contributed by atoms with van der Waals surface area (Å²) in [6, 6.07) is 18.8. The second-order valence-electron chi connectivity index (χ2n) is 9.12. The smallest absolute Gasteiger partial charge is 0.266 e. The fourth-order valence-corrected chi connectivity index (χ4v) is 5.98. The first-order valence-corrected chi connectivity index (χ1v) is 14.0. The molecule has 0 unspecified atom stereocenters. The van der Waals surface area contributed by atoms with Gasteiger partial charge < -0.3 is 9.47 Å². The van der Waals surface area contributed by atoms with Crippen molar-refractivity contribution in [3.63, 3.8) is 0 Å². The number of fused-ring (bicyclic) bond motifs is 1. The van der Waals surface area contributed by atoms with E-state index in [0.29, 0.717) is 29.6 Å². The fraction of sp³-hybridized carbons (Fsp3) is 0.310. The summed E-state index contributed by atoms with van der Waals surface area (Å²) in [7, 11) is 0. The number of amides is 1. The van der Waals surface area contributed by atoms with Gasteiger partial charge in [0.05, 0.1) is 15.1 Å². The predicted octanol–water partition coefficient (Wildman–Crippen LogP) is 7.51. The average Bonchev–Trinajstić information content (AvgIpc) is 3.12. The summed E-state index contributed by atoms with van der Waals surface area (Å²) >= 11 is 3.70. The van der Waals surface area contributed by atoms with Crippen LogP contribution in [0.15, 0.2) is 64.5 Å². The number of nitrogens with zero attached hydrogens (tertiary/aromatic N) is 2. The lowest BCUT2D eigenvalue weighted by Gasteiger charge is -2.20. The summed E-state index contributed by atoms with van der Waals surface area (Å²) in [5.74, 6) is 1.37. The standard InChI is InChI=1S/C29H31IN2O3S/c1-6-34-25-15-21(16-26-28(33)32(19(4)5)29(36-26)31-18(2)3)14-24(30)27(25)35-17-20-11-12-22-9-7-8-10-23(22)13-20/h7-16,18-19H,6,17H2,1-5H3/b26-16+,31-29?. The summed E-state index contributed by atoms with van der Waals surface area (Å²) in [5, 5.41) is 3.15. The minimum Gasteiger partial charge on any atom is -0.490 e. The van der Waals surface area contributed by atoms with Crippen LogP contribution in [0.4, 0.5) is 0 Å². The maximum Gasteiger partial charge on any atom is 0.266 e. The van der Waals surface area contributed by atoms with Crippen molar-refractivity contribution in [3.8, 4) is 11.5 Å². The van der Waals surface area contributed by atoms with E-state index in [9.17, 15) is 4.79 Å². The van der Waals surface area contributed by atoms with E-state index in [2.05, 4.69) is 57.9 Å². The molecule has 3 aromatic carbocycles. The molecule has 1 heterocycles. The van der Waals surface area contributed by atoms with Crippen LogP contribution in [0, 0.1) is 3.57 Å². The van der Waals surface area contributed by atoms with Crippen molar-refractivity contribution in [1.82, 2.24) is 4.90 Å². The molecule has 7 heteroatoms. The minimum atomic E-state index is -0.0148. The zero-order chi connectivity index (χ0) is 25.8. The van der Waals surface area contributed by atoms with Gasteiger partial charge in [-0.25, -0.2) is 0 Å². The van der Waals surface area contributed by atoms with Crippen LogP contribution in [0.5, 0.6) is 11.5 Å². The molecule has 0 aliphatic carbocycles. The summed E-state index contributed by atoms with van der Waals surface area (Å²) < 4.78 is 13.1. The zero-order valence-corrected chi connectivity index (χ0v) is 24.2. The fourth-order valence-electron chi connectivity index (χ4n) is 3.96. The highest BCUT2D eigenvalue weighted by molar-refractivity contribution is 14.1. The SMILES string of the molecule is CCOc1cc(/C=C2/SC(=NC(C)C)N(C(C)C)C2=O)cc(I)c1OCc1ccc2ccccc2c1. The van der Waals surface area contributed by atoms with E-state index in [4.69, 9.17) is 9.47 Å². The van der Waals surface area contributed by atoms with Gasteiger partial charge in [0, 0.05) is 12.1 Å². The van der Waals surface area contributed by atoms with Gasteiger partial charge in [-0.2, -0.15) is 0 Å². The van der Waals surface area contributed by atoms with Gasteiger partial charge in [-0.3, -0.25) is 14.7 Å². The summed E-state index contributed by atoms with van der Waals surface area (Å²) in [4.78, 5) is 20.3. The van der Waals surface area contributed by atoms with E-state index in [1.165, 1.54) is 22.5 Å². The molecule has 0 radical (unpaired) electrons. The van der Waals surface area contributed by atoms with E-state index < -0.39 is 0 Å². The number of rotatable bonds is 8. The second-order valence-corrected chi connectivity index (χ2v) is 11.3. The number of amidine groups is 1. The Balaban J connectivity index is 1.61. The normalized spacial score (nSPS) is 16.2. The molecule has 0 bridgehead atoms. The molecule has 0 spiro atoms. The van der Waals surface area contributed by atoms with Gasteiger partial charge in [0.25, 0.3) is 5.91 Å². The first-order chi connectivity index (χ1) is 17.3. The van der Waals surface area contributed by atoms with Crippen molar-refractivity contribution in [1.29, 1.82) is 0 Å². The molecule has 5 nitrogen and oxygen atoms in total. The maximum absolute atomic E-state index is 13.2. The van der Waals surface area contributed by atoms with Crippen LogP contribution in [0.2, 0.25) is 0 Å². The number of carbonyl (C=O) groups is 1. The Morgan fingerprint density at radius 3 is 2.47 bits per heavy atom. The van der Waals surface area contributed by atoms with Crippen molar-refractivity contribution in [2.24, 2.45) is 4.99 Å². The minimum absolute atomic E-state index is 0.0148. The van der Waals surface area contributed by atoms with Gasteiger partial charge in [0.2, 0.25) is 0 Å². The molecule has 188 valence electrons. The highest BCUT2D eigenvalue weighted by Gasteiger charge is 2.35. The van der Waals surface area contributed by atoms with Crippen molar-refractivity contribution >= 4 is 62.3 Å². The molecule has 1 aliphatic heterocycles. The Kier molecular flexibility index (Phi) is 8.62. The molecule has 0 N–H and O–H groups in total. The number of benzene rings is 3. The van der Waals surface area contributed by atoms with Crippen LogP contribution < -0.4 is 9.47 Å². The van der Waals surface area contributed by atoms with Crippen LogP contribution in [0.1, 0.15) is 45.7 Å². The van der Waals surface area contributed by atoms with Crippen LogP contribution in [0.3, 0.4) is 0 Å². The number of hydrogen-bond acceptors (Lipinski definition) is 5. The van der Waals surface area contributed by atoms with Crippen LogP contribution in [-0.2, 0) is 11.4 Å². The second kappa shape index (κ2) is 11.7. The Labute approximate surface area is 231 Å². The average molecular weight is 615 g/mol. The predicted molar refractivity (Wildman–Crippen MR) is 159 cm³/mol. The molecule has 1 aliphatic rings. The van der Waals surface area contributed by atoms with Gasteiger partial charge in [0.1, 0.15) is 6.61 Å². The third kappa shape index (κ3) is 6.06.